The lowest BCUT2D eigenvalue weighted by Gasteiger charge is -2.10. The van der Waals surface area contributed by atoms with Crippen molar-refractivity contribution in [1.82, 2.24) is 4.98 Å². The van der Waals surface area contributed by atoms with E-state index in [2.05, 4.69) is 10.3 Å². The van der Waals surface area contributed by atoms with Crippen molar-refractivity contribution in [1.29, 1.82) is 0 Å². The van der Waals surface area contributed by atoms with Crippen LogP contribution in [0, 0.1) is 0 Å². The number of carbonyl (C=O) groups is 2. The summed E-state index contributed by atoms with van der Waals surface area (Å²) in [6.07, 6.45) is 1.57. The van der Waals surface area contributed by atoms with Crippen molar-refractivity contribution in [2.24, 2.45) is 0 Å². The molecule has 2 aromatic carbocycles. The number of benzene rings is 2. The summed E-state index contributed by atoms with van der Waals surface area (Å²) in [5, 5.41) is 3.22. The molecule has 2 heterocycles. The van der Waals surface area contributed by atoms with E-state index >= 15 is 0 Å². The van der Waals surface area contributed by atoms with E-state index in [0.717, 1.165) is 17.3 Å². The van der Waals surface area contributed by atoms with E-state index in [4.69, 9.17) is 18.9 Å². The Balaban J connectivity index is 1.34. The number of thioether (sulfide) groups is 1. The van der Waals surface area contributed by atoms with Crippen molar-refractivity contribution in [3.63, 3.8) is 0 Å². The molecule has 0 radical (unpaired) electrons. The van der Waals surface area contributed by atoms with Crippen LogP contribution < -0.4 is 19.5 Å². The number of nitrogens with one attached hydrogen (secondary N) is 1. The molecule has 1 aliphatic heterocycles. The number of fused-ring (bicyclic) bond motifs is 1. The monoisotopic (exact) mass is 452 g/mol. The van der Waals surface area contributed by atoms with Gasteiger partial charge in [-0.05, 0) is 42.0 Å². The van der Waals surface area contributed by atoms with E-state index in [-0.39, 0.29) is 25.1 Å². The fourth-order valence-electron chi connectivity index (χ4n) is 2.96. The molecular weight excluding hydrogens is 432 g/mol. The zero-order valence-corrected chi connectivity index (χ0v) is 18.0. The van der Waals surface area contributed by atoms with Gasteiger partial charge >= 0.3 is 5.97 Å². The summed E-state index contributed by atoms with van der Waals surface area (Å²) in [6.45, 7) is 0.262. The maximum Gasteiger partial charge on any atom is 0.341 e. The number of esters is 1. The number of methoxy groups -OCH3 is 1. The van der Waals surface area contributed by atoms with Crippen LogP contribution in [0.15, 0.2) is 65.8 Å². The summed E-state index contributed by atoms with van der Waals surface area (Å²) in [6, 6.07) is 15.7. The van der Waals surface area contributed by atoms with Gasteiger partial charge in [-0.15, -0.1) is 0 Å². The second kappa shape index (κ2) is 10.1. The minimum absolute atomic E-state index is 0.0711. The summed E-state index contributed by atoms with van der Waals surface area (Å²) in [4.78, 5) is 29.2. The van der Waals surface area contributed by atoms with Gasteiger partial charge in [-0.1, -0.05) is 23.9 Å². The number of hydrogen-bond donors (Lipinski definition) is 1. The average molecular weight is 452 g/mol. The number of ether oxygens (including phenoxy) is 4. The van der Waals surface area contributed by atoms with Crippen molar-refractivity contribution in [3.05, 3.63) is 71.9 Å². The zero-order chi connectivity index (χ0) is 22.3. The van der Waals surface area contributed by atoms with Gasteiger partial charge in [0.25, 0.3) is 0 Å². The van der Waals surface area contributed by atoms with Crippen LogP contribution in [0.1, 0.15) is 15.9 Å². The third-order valence-corrected chi connectivity index (χ3v) is 5.50. The molecule has 0 spiro atoms. The van der Waals surface area contributed by atoms with Gasteiger partial charge in [0.2, 0.25) is 12.7 Å². The Bertz CT molecular complexity index is 1140. The quantitative estimate of drug-likeness (QED) is 0.406. The van der Waals surface area contributed by atoms with Gasteiger partial charge in [-0.25, -0.2) is 9.78 Å². The molecule has 1 amide bonds. The number of pyridine rings is 1. The normalized spacial score (nSPS) is 11.7. The molecule has 3 aromatic rings. The van der Waals surface area contributed by atoms with Crippen LogP contribution in [-0.2, 0) is 16.1 Å². The Labute approximate surface area is 188 Å². The maximum atomic E-state index is 12.6. The molecule has 1 aliphatic rings. The van der Waals surface area contributed by atoms with Crippen molar-refractivity contribution in [3.8, 4) is 17.2 Å². The predicted molar refractivity (Wildman–Crippen MR) is 118 cm³/mol. The number of amides is 1. The van der Waals surface area contributed by atoms with Gasteiger partial charge in [-0.3, -0.25) is 4.79 Å². The number of aromatic nitrogens is 1. The number of nitrogens with zero attached hydrogens (tertiary/aromatic N) is 1. The Hall–Kier alpha value is -3.72. The van der Waals surface area contributed by atoms with Gasteiger partial charge in [0.05, 0.1) is 18.4 Å². The lowest BCUT2D eigenvalue weighted by molar-refractivity contribution is -0.113. The molecular formula is C23H20N2O6S. The zero-order valence-electron chi connectivity index (χ0n) is 17.2. The van der Waals surface area contributed by atoms with Crippen LogP contribution in [0.3, 0.4) is 0 Å². The molecule has 32 heavy (non-hydrogen) atoms. The van der Waals surface area contributed by atoms with Crippen LogP contribution in [0.4, 0.5) is 5.69 Å². The molecule has 0 aliphatic carbocycles. The molecule has 0 fully saturated rings. The van der Waals surface area contributed by atoms with Crippen molar-refractivity contribution < 1.29 is 28.5 Å². The van der Waals surface area contributed by atoms with Gasteiger partial charge in [0.1, 0.15) is 17.4 Å². The number of hydrogen-bond acceptors (Lipinski definition) is 8. The van der Waals surface area contributed by atoms with E-state index in [0.29, 0.717) is 33.5 Å². The third kappa shape index (κ3) is 5.30. The fourth-order valence-corrected chi connectivity index (χ4v) is 3.74. The Morgan fingerprint density at radius 3 is 2.84 bits per heavy atom. The molecule has 1 aromatic heterocycles. The molecule has 0 unspecified atom stereocenters. The highest BCUT2D eigenvalue weighted by Crippen LogP contribution is 2.34. The van der Waals surface area contributed by atoms with Gasteiger partial charge in [-0.2, -0.15) is 0 Å². The van der Waals surface area contributed by atoms with E-state index in [1.165, 1.54) is 0 Å². The van der Waals surface area contributed by atoms with Gasteiger partial charge in [0, 0.05) is 18.0 Å². The highest BCUT2D eigenvalue weighted by atomic mass is 32.2. The SMILES string of the molecule is COc1cccc(COC(=O)c2cccnc2SCC(=O)Nc2ccc3c(c2)OCO3)c1. The van der Waals surface area contributed by atoms with E-state index < -0.39 is 5.97 Å². The van der Waals surface area contributed by atoms with E-state index in [1.807, 2.05) is 18.2 Å². The first-order valence-electron chi connectivity index (χ1n) is 9.70. The lowest BCUT2D eigenvalue weighted by Crippen LogP contribution is -2.15. The van der Waals surface area contributed by atoms with Crippen LogP contribution in [0.2, 0.25) is 0 Å². The minimum Gasteiger partial charge on any atom is -0.497 e. The summed E-state index contributed by atoms with van der Waals surface area (Å²) < 4.78 is 21.2. The predicted octanol–water partition coefficient (Wildman–Crippen LogP) is 3.91. The van der Waals surface area contributed by atoms with Crippen LogP contribution in [0.25, 0.3) is 0 Å². The summed E-state index contributed by atoms with van der Waals surface area (Å²) in [7, 11) is 1.58. The number of rotatable bonds is 8. The molecule has 9 heteroatoms. The van der Waals surface area contributed by atoms with Crippen LogP contribution in [-0.4, -0.2) is 36.5 Å². The van der Waals surface area contributed by atoms with Crippen molar-refractivity contribution >= 4 is 29.3 Å². The Morgan fingerprint density at radius 2 is 1.97 bits per heavy atom. The first-order valence-corrected chi connectivity index (χ1v) is 10.7. The second-order valence-corrected chi connectivity index (χ2v) is 7.65. The standard InChI is InChI=1S/C23H20N2O6S/c1-28-17-5-2-4-15(10-17)12-29-23(27)18-6-3-9-24-22(18)32-13-21(26)25-16-7-8-19-20(11-16)31-14-30-19/h2-11H,12-14H2,1H3,(H,25,26). The molecule has 0 saturated carbocycles. The van der Waals surface area contributed by atoms with Gasteiger partial charge < -0.3 is 24.3 Å². The highest BCUT2D eigenvalue weighted by Gasteiger charge is 2.17. The lowest BCUT2D eigenvalue weighted by atomic mass is 10.2. The van der Waals surface area contributed by atoms with Crippen molar-refractivity contribution in [2.75, 3.05) is 25.0 Å². The number of anilines is 1. The fraction of sp³-hybridized carbons (Fsp3) is 0.174. The average Bonchev–Trinajstić information content (AvgIpc) is 3.29. The highest BCUT2D eigenvalue weighted by molar-refractivity contribution is 8.00. The molecule has 0 bridgehead atoms. The second-order valence-electron chi connectivity index (χ2n) is 6.69. The first kappa shape index (κ1) is 21.5. The molecule has 4 rings (SSSR count). The largest absolute Gasteiger partial charge is 0.497 e. The third-order valence-electron chi connectivity index (χ3n) is 4.49. The molecule has 0 atom stereocenters. The van der Waals surface area contributed by atoms with E-state index in [1.54, 1.807) is 49.7 Å². The van der Waals surface area contributed by atoms with E-state index in [9.17, 15) is 9.59 Å². The maximum absolute atomic E-state index is 12.6. The minimum atomic E-state index is -0.514. The molecule has 0 saturated heterocycles. The Morgan fingerprint density at radius 1 is 1.09 bits per heavy atom. The summed E-state index contributed by atoms with van der Waals surface area (Å²) in [5.41, 5.74) is 1.70. The summed E-state index contributed by atoms with van der Waals surface area (Å²) >= 11 is 1.16. The Kier molecular flexibility index (Phi) is 6.76. The topological polar surface area (TPSA) is 96.0 Å². The summed E-state index contributed by atoms with van der Waals surface area (Å²) in [5.74, 6) is 1.23. The van der Waals surface area contributed by atoms with Crippen LogP contribution >= 0.6 is 11.8 Å². The van der Waals surface area contributed by atoms with Crippen LogP contribution in [0.5, 0.6) is 17.2 Å². The van der Waals surface area contributed by atoms with Crippen molar-refractivity contribution in [2.45, 2.75) is 11.6 Å². The molecule has 164 valence electrons. The first-order chi connectivity index (χ1) is 15.6. The van der Waals surface area contributed by atoms with Gasteiger partial charge in [0.15, 0.2) is 11.5 Å². The smallest absolute Gasteiger partial charge is 0.341 e. The number of carbonyl (C=O) groups excluding carboxylic acids is 2. The molecule has 8 nitrogen and oxygen atoms in total. The molecule has 1 N–H and O–H groups in total.